The van der Waals surface area contributed by atoms with E-state index >= 15 is 0 Å². The first-order valence-corrected chi connectivity index (χ1v) is 5.60. The molecule has 4 nitrogen and oxygen atoms in total. The molecule has 1 rings (SSSR count). The number of nitrogens with zero attached hydrogens (tertiary/aromatic N) is 1. The van der Waals surface area contributed by atoms with E-state index in [4.69, 9.17) is 10.9 Å². The first kappa shape index (κ1) is 13.3. The highest BCUT2D eigenvalue weighted by Crippen LogP contribution is 2.15. The maximum absolute atomic E-state index is 13.3. The summed E-state index contributed by atoms with van der Waals surface area (Å²) < 4.78 is 13.3. The van der Waals surface area contributed by atoms with Crippen LogP contribution in [-0.2, 0) is 0 Å². The van der Waals surface area contributed by atoms with Crippen LogP contribution in [0.25, 0.3) is 0 Å². The van der Waals surface area contributed by atoms with Gasteiger partial charge >= 0.3 is 0 Å². The predicted molar refractivity (Wildman–Crippen MR) is 66.9 cm³/mol. The molecule has 4 N–H and O–H groups in total. The van der Waals surface area contributed by atoms with Crippen molar-refractivity contribution in [2.75, 3.05) is 11.9 Å². The molecule has 0 aromatic heterocycles. The van der Waals surface area contributed by atoms with Crippen molar-refractivity contribution in [2.24, 2.45) is 10.9 Å². The van der Waals surface area contributed by atoms with E-state index in [2.05, 4.69) is 10.5 Å². The van der Waals surface area contributed by atoms with Crippen LogP contribution < -0.4 is 11.1 Å². The SMILES string of the molecule is Cc1ccc(F)c(NCCCCC(N)=NO)c1. The summed E-state index contributed by atoms with van der Waals surface area (Å²) in [5.74, 6) is -0.0150. The first-order chi connectivity index (χ1) is 8.13. The topological polar surface area (TPSA) is 70.6 Å². The molecule has 0 aliphatic heterocycles. The molecule has 0 spiro atoms. The fourth-order valence-electron chi connectivity index (χ4n) is 1.48. The summed E-state index contributed by atoms with van der Waals surface area (Å²) in [7, 11) is 0. The predicted octanol–water partition coefficient (Wildman–Crippen LogP) is 2.46. The van der Waals surface area contributed by atoms with E-state index in [0.717, 1.165) is 18.4 Å². The molecule has 94 valence electrons. The Balaban J connectivity index is 2.29. The van der Waals surface area contributed by atoms with E-state index < -0.39 is 0 Å². The van der Waals surface area contributed by atoms with Crippen molar-refractivity contribution in [1.29, 1.82) is 0 Å². The standard InChI is InChI=1S/C12H18FN3O/c1-9-5-6-10(13)11(8-9)15-7-3-2-4-12(14)16-17/h5-6,8,15,17H,2-4,7H2,1H3,(H2,14,16). The van der Waals surface area contributed by atoms with Crippen LogP contribution in [0.15, 0.2) is 23.4 Å². The third kappa shape index (κ3) is 4.72. The number of benzene rings is 1. The van der Waals surface area contributed by atoms with E-state index in [1.165, 1.54) is 6.07 Å². The van der Waals surface area contributed by atoms with Gasteiger partial charge in [-0.2, -0.15) is 0 Å². The van der Waals surface area contributed by atoms with Gasteiger partial charge in [0.1, 0.15) is 11.7 Å². The number of halogens is 1. The second-order valence-electron chi connectivity index (χ2n) is 3.96. The maximum atomic E-state index is 13.3. The fourth-order valence-corrected chi connectivity index (χ4v) is 1.48. The summed E-state index contributed by atoms with van der Waals surface area (Å²) in [6, 6.07) is 4.96. The van der Waals surface area contributed by atoms with Gasteiger partial charge in [0.2, 0.25) is 0 Å². The summed E-state index contributed by atoms with van der Waals surface area (Å²) in [5.41, 5.74) is 6.87. The number of oxime groups is 1. The van der Waals surface area contributed by atoms with Gasteiger partial charge in [0.05, 0.1) is 5.69 Å². The molecule has 0 saturated carbocycles. The van der Waals surface area contributed by atoms with Crippen LogP contribution in [0.2, 0.25) is 0 Å². The normalized spacial score (nSPS) is 11.5. The maximum Gasteiger partial charge on any atom is 0.146 e. The zero-order valence-corrected chi connectivity index (χ0v) is 9.91. The Morgan fingerprint density at radius 1 is 1.47 bits per heavy atom. The van der Waals surface area contributed by atoms with Crippen LogP contribution in [0.3, 0.4) is 0 Å². The van der Waals surface area contributed by atoms with Crippen LogP contribution in [-0.4, -0.2) is 17.6 Å². The van der Waals surface area contributed by atoms with Crippen molar-refractivity contribution in [2.45, 2.75) is 26.2 Å². The largest absolute Gasteiger partial charge is 0.409 e. The molecular weight excluding hydrogens is 221 g/mol. The van der Waals surface area contributed by atoms with E-state index in [0.29, 0.717) is 18.7 Å². The van der Waals surface area contributed by atoms with Crippen LogP contribution in [0.4, 0.5) is 10.1 Å². The molecule has 0 amide bonds. The summed E-state index contributed by atoms with van der Waals surface area (Å²) in [6.07, 6.45) is 2.19. The first-order valence-electron chi connectivity index (χ1n) is 5.60. The second-order valence-corrected chi connectivity index (χ2v) is 3.96. The van der Waals surface area contributed by atoms with E-state index in [1.807, 2.05) is 6.92 Å². The van der Waals surface area contributed by atoms with Gasteiger partial charge < -0.3 is 16.3 Å². The smallest absolute Gasteiger partial charge is 0.146 e. The van der Waals surface area contributed by atoms with Gasteiger partial charge in [-0.1, -0.05) is 11.2 Å². The van der Waals surface area contributed by atoms with Crippen molar-refractivity contribution >= 4 is 11.5 Å². The Bertz CT molecular complexity index is 393. The number of rotatable bonds is 6. The highest BCUT2D eigenvalue weighted by Gasteiger charge is 2.01. The van der Waals surface area contributed by atoms with Gasteiger partial charge in [-0.05, 0) is 37.5 Å². The van der Waals surface area contributed by atoms with Gasteiger partial charge in [-0.15, -0.1) is 0 Å². The summed E-state index contributed by atoms with van der Waals surface area (Å²) in [5, 5.41) is 14.2. The minimum absolute atomic E-state index is 0.228. The molecule has 0 radical (unpaired) electrons. The molecule has 17 heavy (non-hydrogen) atoms. The number of unbranched alkanes of at least 4 members (excludes halogenated alkanes) is 1. The van der Waals surface area contributed by atoms with Crippen LogP contribution in [0, 0.1) is 12.7 Å². The molecule has 0 bridgehead atoms. The number of anilines is 1. The Hall–Kier alpha value is -1.78. The Labute approximate surface area is 100 Å². The lowest BCUT2D eigenvalue weighted by atomic mass is 10.2. The molecule has 0 saturated heterocycles. The summed E-state index contributed by atoms with van der Waals surface area (Å²) in [4.78, 5) is 0. The highest BCUT2D eigenvalue weighted by molar-refractivity contribution is 5.79. The highest BCUT2D eigenvalue weighted by atomic mass is 19.1. The van der Waals surface area contributed by atoms with Crippen LogP contribution >= 0.6 is 0 Å². The Morgan fingerprint density at radius 3 is 2.94 bits per heavy atom. The minimum atomic E-state index is -0.243. The molecule has 0 aliphatic carbocycles. The van der Waals surface area contributed by atoms with Gasteiger partial charge in [0.15, 0.2) is 0 Å². The number of nitrogens with two attached hydrogens (primary N) is 1. The number of nitrogens with one attached hydrogen (secondary N) is 1. The van der Waals surface area contributed by atoms with E-state index in [9.17, 15) is 4.39 Å². The lowest BCUT2D eigenvalue weighted by Crippen LogP contribution is -2.12. The summed E-state index contributed by atoms with van der Waals surface area (Å²) in [6.45, 7) is 2.59. The summed E-state index contributed by atoms with van der Waals surface area (Å²) >= 11 is 0. The molecule has 0 heterocycles. The average Bonchev–Trinajstić information content (AvgIpc) is 2.32. The van der Waals surface area contributed by atoms with Crippen molar-refractivity contribution < 1.29 is 9.60 Å². The fraction of sp³-hybridized carbons (Fsp3) is 0.417. The zero-order chi connectivity index (χ0) is 12.7. The van der Waals surface area contributed by atoms with E-state index in [1.54, 1.807) is 12.1 Å². The van der Waals surface area contributed by atoms with E-state index in [-0.39, 0.29) is 11.7 Å². The van der Waals surface area contributed by atoms with Gasteiger partial charge in [-0.25, -0.2) is 4.39 Å². The van der Waals surface area contributed by atoms with Crippen LogP contribution in [0.1, 0.15) is 24.8 Å². The van der Waals surface area contributed by atoms with Crippen molar-refractivity contribution in [3.8, 4) is 0 Å². The molecule has 1 aromatic carbocycles. The monoisotopic (exact) mass is 239 g/mol. The number of hydrogen-bond acceptors (Lipinski definition) is 3. The van der Waals surface area contributed by atoms with Crippen molar-refractivity contribution in [3.63, 3.8) is 0 Å². The van der Waals surface area contributed by atoms with Gasteiger partial charge in [0.25, 0.3) is 0 Å². The van der Waals surface area contributed by atoms with Gasteiger partial charge in [0, 0.05) is 13.0 Å². The molecule has 0 unspecified atom stereocenters. The molecular formula is C12H18FN3O. The molecule has 0 fully saturated rings. The minimum Gasteiger partial charge on any atom is -0.409 e. The number of hydrogen-bond donors (Lipinski definition) is 3. The third-order valence-electron chi connectivity index (χ3n) is 2.43. The lowest BCUT2D eigenvalue weighted by molar-refractivity contribution is 0.316. The van der Waals surface area contributed by atoms with Crippen molar-refractivity contribution in [1.82, 2.24) is 0 Å². The Morgan fingerprint density at radius 2 is 2.24 bits per heavy atom. The zero-order valence-electron chi connectivity index (χ0n) is 9.91. The lowest BCUT2D eigenvalue weighted by Gasteiger charge is -2.08. The van der Waals surface area contributed by atoms with Crippen LogP contribution in [0.5, 0.6) is 0 Å². The number of amidine groups is 1. The average molecular weight is 239 g/mol. The molecule has 0 atom stereocenters. The Kier molecular flexibility index (Phi) is 5.26. The quantitative estimate of drug-likeness (QED) is 0.235. The second kappa shape index (κ2) is 6.73. The molecule has 0 aliphatic rings. The van der Waals surface area contributed by atoms with Crippen molar-refractivity contribution in [3.05, 3.63) is 29.6 Å². The van der Waals surface area contributed by atoms with Gasteiger partial charge in [-0.3, -0.25) is 0 Å². The molecule has 1 aromatic rings. The molecule has 5 heteroatoms. The third-order valence-corrected chi connectivity index (χ3v) is 2.43. The number of aryl methyl sites for hydroxylation is 1.